The highest BCUT2D eigenvalue weighted by molar-refractivity contribution is 7.91. The summed E-state index contributed by atoms with van der Waals surface area (Å²) in [5, 5.41) is 0. The second-order valence-electron chi connectivity index (χ2n) is 4.61. The number of hydrogen-bond donors (Lipinski definition) is 1. The Labute approximate surface area is 91.8 Å². The Morgan fingerprint density at radius 3 is 2.27 bits per heavy atom. The average molecular weight is 236 g/mol. The molecule has 6 heteroatoms. The summed E-state index contributed by atoms with van der Waals surface area (Å²) >= 11 is 0. The Balaban J connectivity index is 4.12. The first-order chi connectivity index (χ1) is 6.51. The quantitative estimate of drug-likeness (QED) is 0.807. The van der Waals surface area contributed by atoms with Crippen molar-refractivity contribution >= 4 is 15.8 Å². The molecule has 1 unspecified atom stereocenters. The molecule has 0 radical (unpaired) electrons. The van der Waals surface area contributed by atoms with E-state index in [0.29, 0.717) is 0 Å². The van der Waals surface area contributed by atoms with E-state index in [0.717, 1.165) is 0 Å². The Morgan fingerprint density at radius 1 is 1.47 bits per heavy atom. The lowest BCUT2D eigenvalue weighted by Crippen LogP contribution is -2.36. The van der Waals surface area contributed by atoms with E-state index in [2.05, 4.69) is 0 Å². The first kappa shape index (κ1) is 14.2. The van der Waals surface area contributed by atoms with Gasteiger partial charge in [0.2, 0.25) is 0 Å². The molecule has 0 rings (SSSR count). The van der Waals surface area contributed by atoms with Crippen molar-refractivity contribution in [2.45, 2.75) is 26.4 Å². The van der Waals surface area contributed by atoms with Gasteiger partial charge in [-0.2, -0.15) is 0 Å². The van der Waals surface area contributed by atoms with Crippen LogP contribution in [0.4, 0.5) is 4.79 Å². The van der Waals surface area contributed by atoms with Gasteiger partial charge in [-0.1, -0.05) is 0 Å². The van der Waals surface area contributed by atoms with Gasteiger partial charge in [-0.3, -0.25) is 8.99 Å². The lowest BCUT2D eigenvalue weighted by atomic mass is 10.2. The van der Waals surface area contributed by atoms with Gasteiger partial charge in [0.25, 0.3) is 0 Å². The monoisotopic (exact) mass is 236 g/mol. The third kappa shape index (κ3) is 8.23. The van der Waals surface area contributed by atoms with Crippen LogP contribution in [0.2, 0.25) is 0 Å². The fourth-order valence-electron chi connectivity index (χ4n) is 0.742. The Bertz CT molecular complexity index is 317. The molecule has 1 N–H and O–H groups in total. The summed E-state index contributed by atoms with van der Waals surface area (Å²) in [6.07, 6.45) is 0.904. The van der Waals surface area contributed by atoms with E-state index in [1.165, 1.54) is 11.2 Å². The third-order valence-electron chi connectivity index (χ3n) is 1.52. The van der Waals surface area contributed by atoms with Gasteiger partial charge < -0.3 is 9.64 Å². The molecule has 0 heterocycles. The highest BCUT2D eigenvalue weighted by Gasteiger charge is 2.19. The Morgan fingerprint density at radius 2 is 1.93 bits per heavy atom. The molecule has 0 saturated carbocycles. The standard InChI is InChI=1S/C9H20N2O3S/c1-9(2,3)14-8(12)11(4)6-7-15(5,10)13/h10H,6-7H2,1-5H3. The maximum atomic E-state index is 11.4. The van der Waals surface area contributed by atoms with Crippen LogP contribution in [0.1, 0.15) is 20.8 Å². The number of carbonyl (C=O) groups is 1. The number of amides is 1. The highest BCUT2D eigenvalue weighted by Crippen LogP contribution is 2.08. The van der Waals surface area contributed by atoms with E-state index < -0.39 is 21.4 Å². The molecule has 0 aliphatic rings. The van der Waals surface area contributed by atoms with Crippen LogP contribution in [-0.2, 0) is 14.5 Å². The van der Waals surface area contributed by atoms with E-state index in [-0.39, 0.29) is 12.3 Å². The van der Waals surface area contributed by atoms with Gasteiger partial charge in [0.05, 0.1) is 0 Å². The second kappa shape index (κ2) is 4.83. The minimum absolute atomic E-state index is 0.169. The summed E-state index contributed by atoms with van der Waals surface area (Å²) < 4.78 is 23.4. The first-order valence-electron chi connectivity index (χ1n) is 4.67. The summed E-state index contributed by atoms with van der Waals surface area (Å²) in [6.45, 7) is 5.62. The molecular formula is C9H20N2O3S. The fourth-order valence-corrected chi connectivity index (χ4v) is 1.36. The van der Waals surface area contributed by atoms with Crippen LogP contribution < -0.4 is 0 Å². The highest BCUT2D eigenvalue weighted by atomic mass is 32.2. The maximum Gasteiger partial charge on any atom is 0.410 e. The van der Waals surface area contributed by atoms with E-state index in [9.17, 15) is 9.00 Å². The van der Waals surface area contributed by atoms with Crippen molar-refractivity contribution in [2.75, 3.05) is 25.6 Å². The molecule has 15 heavy (non-hydrogen) atoms. The lowest BCUT2D eigenvalue weighted by molar-refractivity contribution is 0.0309. The van der Waals surface area contributed by atoms with Crippen LogP contribution in [0.25, 0.3) is 0 Å². The number of hydrogen-bond acceptors (Lipinski definition) is 4. The van der Waals surface area contributed by atoms with Gasteiger partial charge >= 0.3 is 6.09 Å². The van der Waals surface area contributed by atoms with E-state index in [4.69, 9.17) is 9.52 Å². The number of nitrogens with zero attached hydrogens (tertiary/aromatic N) is 1. The molecule has 0 aliphatic heterocycles. The normalized spacial score (nSPS) is 15.5. The van der Waals surface area contributed by atoms with Crippen LogP contribution in [0.5, 0.6) is 0 Å². The third-order valence-corrected chi connectivity index (χ3v) is 2.48. The molecule has 0 aromatic rings. The SMILES string of the molecule is CN(CCS(C)(=N)=O)C(=O)OC(C)(C)C. The number of carbonyl (C=O) groups excluding carboxylic acids is 1. The molecule has 1 atom stereocenters. The molecule has 0 bridgehead atoms. The minimum Gasteiger partial charge on any atom is -0.444 e. The van der Waals surface area contributed by atoms with Crippen molar-refractivity contribution in [1.82, 2.24) is 4.90 Å². The largest absolute Gasteiger partial charge is 0.444 e. The van der Waals surface area contributed by atoms with Crippen molar-refractivity contribution in [3.8, 4) is 0 Å². The maximum absolute atomic E-state index is 11.4. The average Bonchev–Trinajstić information content (AvgIpc) is 1.95. The van der Waals surface area contributed by atoms with Gasteiger partial charge in [0.1, 0.15) is 5.60 Å². The van der Waals surface area contributed by atoms with Crippen LogP contribution in [-0.4, -0.2) is 46.4 Å². The predicted octanol–water partition coefficient (Wildman–Crippen LogP) is 1.53. The van der Waals surface area contributed by atoms with E-state index in [1.54, 1.807) is 27.8 Å². The zero-order chi connectivity index (χ0) is 12.3. The van der Waals surface area contributed by atoms with Crippen molar-refractivity contribution in [3.05, 3.63) is 0 Å². The number of rotatable bonds is 3. The first-order valence-corrected chi connectivity index (χ1v) is 6.80. The van der Waals surface area contributed by atoms with Crippen LogP contribution in [0.3, 0.4) is 0 Å². The van der Waals surface area contributed by atoms with Crippen molar-refractivity contribution in [1.29, 1.82) is 4.78 Å². The molecule has 0 aromatic carbocycles. The van der Waals surface area contributed by atoms with Gasteiger partial charge in [0, 0.05) is 35.3 Å². The summed E-state index contributed by atoms with van der Waals surface area (Å²) in [5.74, 6) is 0.169. The fraction of sp³-hybridized carbons (Fsp3) is 0.889. The van der Waals surface area contributed by atoms with Crippen molar-refractivity contribution in [2.24, 2.45) is 0 Å². The lowest BCUT2D eigenvalue weighted by Gasteiger charge is -2.24. The zero-order valence-electron chi connectivity index (χ0n) is 9.99. The van der Waals surface area contributed by atoms with E-state index >= 15 is 0 Å². The van der Waals surface area contributed by atoms with Crippen LogP contribution in [0, 0.1) is 4.78 Å². The molecule has 0 spiro atoms. The molecule has 0 aliphatic carbocycles. The van der Waals surface area contributed by atoms with Crippen LogP contribution in [0.15, 0.2) is 0 Å². The molecule has 0 saturated heterocycles. The summed E-state index contributed by atoms with van der Waals surface area (Å²) in [6, 6.07) is 0. The van der Waals surface area contributed by atoms with Gasteiger partial charge in [-0.05, 0) is 20.8 Å². The number of nitrogens with one attached hydrogen (secondary N) is 1. The minimum atomic E-state index is -2.55. The number of ether oxygens (including phenoxy) is 1. The topological polar surface area (TPSA) is 70.5 Å². The zero-order valence-corrected chi connectivity index (χ0v) is 10.8. The van der Waals surface area contributed by atoms with Crippen molar-refractivity contribution in [3.63, 3.8) is 0 Å². The smallest absolute Gasteiger partial charge is 0.410 e. The summed E-state index contributed by atoms with van der Waals surface area (Å²) in [5.41, 5.74) is -0.528. The van der Waals surface area contributed by atoms with Crippen molar-refractivity contribution < 1.29 is 13.7 Å². The molecule has 5 nitrogen and oxygen atoms in total. The second-order valence-corrected chi connectivity index (χ2v) is 7.03. The molecule has 90 valence electrons. The van der Waals surface area contributed by atoms with Crippen LogP contribution >= 0.6 is 0 Å². The van der Waals surface area contributed by atoms with Gasteiger partial charge in [-0.15, -0.1) is 0 Å². The summed E-state index contributed by atoms with van der Waals surface area (Å²) in [7, 11) is -0.977. The summed E-state index contributed by atoms with van der Waals surface area (Å²) in [4.78, 5) is 12.8. The predicted molar refractivity (Wildman–Crippen MR) is 60.5 cm³/mol. The van der Waals surface area contributed by atoms with Gasteiger partial charge in [0.15, 0.2) is 0 Å². The molecule has 0 fully saturated rings. The van der Waals surface area contributed by atoms with Gasteiger partial charge in [-0.25, -0.2) is 4.79 Å². The molecular weight excluding hydrogens is 216 g/mol. The Kier molecular flexibility index (Phi) is 4.58. The van der Waals surface area contributed by atoms with E-state index in [1.807, 2.05) is 0 Å². The molecule has 1 amide bonds. The molecule has 0 aromatic heterocycles. The Hall–Kier alpha value is -0.780.